The number of carboxylic acid groups (broad SMARTS) is 1. The summed E-state index contributed by atoms with van der Waals surface area (Å²) in [5.74, 6) is -2.01. The van der Waals surface area contributed by atoms with E-state index < -0.39 is 11.8 Å². The number of ketones is 1. The van der Waals surface area contributed by atoms with Gasteiger partial charge in [-0.3, -0.25) is 9.59 Å². The third-order valence-electron chi connectivity index (χ3n) is 3.65. The molecule has 106 valence electrons. The summed E-state index contributed by atoms with van der Waals surface area (Å²) in [7, 11) is 0. The number of carbonyl (C=O) groups is 2. The summed E-state index contributed by atoms with van der Waals surface area (Å²) in [6.07, 6.45) is 0.0474. The predicted molar refractivity (Wildman–Crippen MR) is 73.8 cm³/mol. The Bertz CT molecular complexity index is 776. The van der Waals surface area contributed by atoms with Crippen LogP contribution in [0.3, 0.4) is 0 Å². The zero-order valence-electron chi connectivity index (χ0n) is 11.0. The number of carbonyl (C=O) groups excluding carboxylic acids is 1. The van der Waals surface area contributed by atoms with Crippen LogP contribution in [-0.2, 0) is 17.6 Å². The van der Waals surface area contributed by atoms with Gasteiger partial charge in [0.15, 0.2) is 0 Å². The second-order valence-electron chi connectivity index (χ2n) is 5.00. The first-order chi connectivity index (χ1) is 9.99. The van der Waals surface area contributed by atoms with E-state index in [0.717, 1.165) is 0 Å². The molecule has 0 atom stereocenters. The van der Waals surface area contributed by atoms with Crippen LogP contribution >= 0.6 is 0 Å². The first-order valence-electron chi connectivity index (χ1n) is 6.40. The van der Waals surface area contributed by atoms with E-state index in [1.165, 1.54) is 12.1 Å². The van der Waals surface area contributed by atoms with Crippen molar-refractivity contribution in [1.29, 1.82) is 0 Å². The lowest BCUT2D eigenvalue weighted by molar-refractivity contribution is -0.136. The monoisotopic (exact) mass is 284 g/mol. The van der Waals surface area contributed by atoms with Gasteiger partial charge in [-0.05, 0) is 23.6 Å². The van der Waals surface area contributed by atoms with Crippen molar-refractivity contribution in [2.45, 2.75) is 12.8 Å². The lowest BCUT2D eigenvalue weighted by Gasteiger charge is -2.21. The van der Waals surface area contributed by atoms with Crippen molar-refractivity contribution in [3.05, 3.63) is 58.1 Å². The highest BCUT2D eigenvalue weighted by Gasteiger charge is 2.29. The van der Waals surface area contributed by atoms with Crippen LogP contribution in [0.1, 0.15) is 32.6 Å². The summed E-state index contributed by atoms with van der Waals surface area (Å²) in [6, 6.07) is 7.99. The maximum Gasteiger partial charge on any atom is 0.307 e. The zero-order chi connectivity index (χ0) is 15.1. The average Bonchev–Trinajstić information content (AvgIpc) is 2.41. The highest BCUT2D eigenvalue weighted by Crippen LogP contribution is 2.37. The molecule has 5 nitrogen and oxygen atoms in total. The van der Waals surface area contributed by atoms with Crippen molar-refractivity contribution in [3.8, 4) is 11.5 Å². The van der Waals surface area contributed by atoms with E-state index in [4.69, 9.17) is 5.11 Å². The third kappa shape index (κ3) is 2.03. The van der Waals surface area contributed by atoms with Gasteiger partial charge in [-0.2, -0.15) is 0 Å². The topological polar surface area (TPSA) is 94.8 Å². The number of carboxylic acids is 1. The van der Waals surface area contributed by atoms with Crippen molar-refractivity contribution in [2.75, 3.05) is 0 Å². The number of fused-ring (bicyclic) bond motifs is 2. The number of rotatable bonds is 2. The maximum absolute atomic E-state index is 12.5. The quantitative estimate of drug-likeness (QED) is 0.667. The standard InChI is InChI=1S/C16H12O5/c17-11-3-1-2-8-6-9-4-5-10(7-12(18)19)15(20)14(9)16(21)13(8)11/h1-5,17,20H,6-7H2,(H,18,19). The van der Waals surface area contributed by atoms with Gasteiger partial charge in [-0.25, -0.2) is 0 Å². The molecule has 1 aliphatic rings. The second-order valence-corrected chi connectivity index (χ2v) is 5.00. The molecule has 21 heavy (non-hydrogen) atoms. The lowest BCUT2D eigenvalue weighted by atomic mass is 9.83. The Balaban J connectivity index is 2.18. The molecule has 3 rings (SSSR count). The van der Waals surface area contributed by atoms with Gasteiger partial charge in [0.2, 0.25) is 5.78 Å². The Labute approximate surface area is 120 Å². The van der Waals surface area contributed by atoms with Crippen LogP contribution in [0.4, 0.5) is 0 Å². The highest BCUT2D eigenvalue weighted by atomic mass is 16.4. The first-order valence-corrected chi connectivity index (χ1v) is 6.40. The Morgan fingerprint density at radius 3 is 2.48 bits per heavy atom. The van der Waals surface area contributed by atoms with Gasteiger partial charge in [0.25, 0.3) is 0 Å². The van der Waals surface area contributed by atoms with Crippen molar-refractivity contribution >= 4 is 11.8 Å². The molecule has 2 aromatic rings. The van der Waals surface area contributed by atoms with Crippen LogP contribution in [-0.4, -0.2) is 27.1 Å². The molecule has 5 heteroatoms. The summed E-state index contributed by atoms with van der Waals surface area (Å²) in [5, 5.41) is 28.9. The Kier molecular flexibility index (Phi) is 2.90. The molecule has 0 fully saturated rings. The Morgan fingerprint density at radius 1 is 1.05 bits per heavy atom. The van der Waals surface area contributed by atoms with E-state index in [-0.39, 0.29) is 34.6 Å². The summed E-state index contributed by atoms with van der Waals surface area (Å²) in [5.41, 5.74) is 1.77. The molecule has 0 unspecified atom stereocenters. The van der Waals surface area contributed by atoms with Crippen LogP contribution in [0, 0.1) is 0 Å². The van der Waals surface area contributed by atoms with E-state index in [1.54, 1.807) is 18.2 Å². The maximum atomic E-state index is 12.5. The fourth-order valence-electron chi connectivity index (χ4n) is 2.71. The molecule has 3 N–H and O–H groups in total. The Hall–Kier alpha value is -2.82. The van der Waals surface area contributed by atoms with Gasteiger partial charge in [-0.15, -0.1) is 0 Å². The molecule has 0 spiro atoms. The number of benzene rings is 2. The third-order valence-corrected chi connectivity index (χ3v) is 3.65. The van der Waals surface area contributed by atoms with Crippen LogP contribution < -0.4 is 0 Å². The average molecular weight is 284 g/mol. The Morgan fingerprint density at radius 2 is 1.76 bits per heavy atom. The van der Waals surface area contributed by atoms with E-state index in [9.17, 15) is 19.8 Å². The molecule has 2 aromatic carbocycles. The summed E-state index contributed by atoms with van der Waals surface area (Å²) in [4.78, 5) is 23.3. The SMILES string of the molecule is O=C(O)Cc1ccc2c(c1O)C(=O)c1c(O)cccc1C2. The van der Waals surface area contributed by atoms with E-state index >= 15 is 0 Å². The zero-order valence-corrected chi connectivity index (χ0v) is 11.0. The normalized spacial score (nSPS) is 12.7. The van der Waals surface area contributed by atoms with Crippen LogP contribution in [0.25, 0.3) is 0 Å². The van der Waals surface area contributed by atoms with Gasteiger partial charge in [0.1, 0.15) is 11.5 Å². The molecule has 0 aliphatic heterocycles. The number of phenolic OH excluding ortho intramolecular Hbond substituents is 2. The minimum Gasteiger partial charge on any atom is -0.507 e. The summed E-state index contributed by atoms with van der Waals surface area (Å²) < 4.78 is 0. The largest absolute Gasteiger partial charge is 0.507 e. The summed E-state index contributed by atoms with van der Waals surface area (Å²) in [6.45, 7) is 0. The van der Waals surface area contributed by atoms with Crippen molar-refractivity contribution in [2.24, 2.45) is 0 Å². The molecule has 0 saturated carbocycles. The molecular weight excluding hydrogens is 272 g/mol. The highest BCUT2D eigenvalue weighted by molar-refractivity contribution is 6.15. The fraction of sp³-hybridized carbons (Fsp3) is 0.125. The molecule has 0 saturated heterocycles. The number of aromatic hydroxyl groups is 2. The van der Waals surface area contributed by atoms with Crippen molar-refractivity contribution in [1.82, 2.24) is 0 Å². The fourth-order valence-corrected chi connectivity index (χ4v) is 2.71. The van der Waals surface area contributed by atoms with Crippen molar-refractivity contribution in [3.63, 3.8) is 0 Å². The van der Waals surface area contributed by atoms with E-state index in [1.807, 2.05) is 0 Å². The number of hydrogen-bond donors (Lipinski definition) is 3. The molecule has 0 radical (unpaired) electrons. The van der Waals surface area contributed by atoms with Gasteiger partial charge < -0.3 is 15.3 Å². The van der Waals surface area contributed by atoms with Crippen LogP contribution in [0.5, 0.6) is 11.5 Å². The van der Waals surface area contributed by atoms with Gasteiger partial charge in [0, 0.05) is 5.56 Å². The smallest absolute Gasteiger partial charge is 0.307 e. The minimum absolute atomic E-state index is 0.0859. The predicted octanol–water partition coefficient (Wildman–Crippen LogP) is 1.86. The lowest BCUT2D eigenvalue weighted by Crippen LogP contribution is -2.16. The molecule has 0 heterocycles. The van der Waals surface area contributed by atoms with Gasteiger partial charge >= 0.3 is 5.97 Å². The molecule has 0 aromatic heterocycles. The van der Waals surface area contributed by atoms with E-state index in [0.29, 0.717) is 17.5 Å². The first kappa shape index (κ1) is 13.2. The van der Waals surface area contributed by atoms with Gasteiger partial charge in [0.05, 0.1) is 17.5 Å². The van der Waals surface area contributed by atoms with Crippen molar-refractivity contribution < 1.29 is 24.9 Å². The molecule has 0 bridgehead atoms. The molecular formula is C16H12O5. The summed E-state index contributed by atoms with van der Waals surface area (Å²) >= 11 is 0. The second kappa shape index (κ2) is 4.63. The van der Waals surface area contributed by atoms with Crippen LogP contribution in [0.2, 0.25) is 0 Å². The number of hydrogen-bond acceptors (Lipinski definition) is 4. The minimum atomic E-state index is -1.09. The molecule has 1 aliphatic carbocycles. The molecule has 0 amide bonds. The van der Waals surface area contributed by atoms with Gasteiger partial charge in [-0.1, -0.05) is 24.3 Å². The van der Waals surface area contributed by atoms with Crippen LogP contribution in [0.15, 0.2) is 30.3 Å². The van der Waals surface area contributed by atoms with E-state index in [2.05, 4.69) is 0 Å². The number of phenols is 2. The number of aliphatic carboxylic acids is 1.